The Morgan fingerprint density at radius 1 is 1.60 bits per heavy atom. The summed E-state index contributed by atoms with van der Waals surface area (Å²) in [5.41, 5.74) is 2.65. The minimum atomic E-state index is -0.145. The lowest BCUT2D eigenvalue weighted by Crippen LogP contribution is -2.22. The van der Waals surface area contributed by atoms with E-state index in [-0.39, 0.29) is 11.7 Å². The molecule has 20 heavy (non-hydrogen) atoms. The van der Waals surface area contributed by atoms with Crippen molar-refractivity contribution in [2.75, 3.05) is 6.54 Å². The van der Waals surface area contributed by atoms with Crippen LogP contribution >= 0.6 is 0 Å². The molecular weight excluding hydrogens is 257 g/mol. The Balaban J connectivity index is 1.96. The second-order valence-electron chi connectivity index (χ2n) is 5.49. The van der Waals surface area contributed by atoms with E-state index in [1.807, 2.05) is 13.2 Å². The molecule has 1 heterocycles. The molecule has 0 spiro atoms. The molecule has 106 valence electrons. The minimum absolute atomic E-state index is 0.0195. The molecule has 1 aromatic heterocycles. The first-order valence-electron chi connectivity index (χ1n) is 6.95. The standard InChI is InChI=1S/C15H18FN3O/c1-9(20)17-6-5-10-3-4-11-13(16)7-14-12(15(10)11)8-19(2)18-14/h7-8,10H,3-6H2,1-2H3,(H,17,20). The van der Waals surface area contributed by atoms with Crippen molar-refractivity contribution in [3.05, 3.63) is 29.2 Å². The van der Waals surface area contributed by atoms with Crippen LogP contribution in [-0.4, -0.2) is 22.2 Å². The summed E-state index contributed by atoms with van der Waals surface area (Å²) in [6, 6.07) is 1.53. The molecule has 5 heteroatoms. The molecule has 4 nitrogen and oxygen atoms in total. The smallest absolute Gasteiger partial charge is 0.216 e. The molecule has 1 atom stereocenters. The Labute approximate surface area is 117 Å². The lowest BCUT2D eigenvalue weighted by atomic mass is 9.94. The van der Waals surface area contributed by atoms with E-state index < -0.39 is 0 Å². The highest BCUT2D eigenvalue weighted by atomic mass is 19.1. The van der Waals surface area contributed by atoms with Gasteiger partial charge in [-0.05, 0) is 36.3 Å². The second kappa shape index (κ2) is 4.89. The van der Waals surface area contributed by atoms with Crippen molar-refractivity contribution in [1.82, 2.24) is 15.1 Å². The van der Waals surface area contributed by atoms with Gasteiger partial charge in [0.2, 0.25) is 5.91 Å². The molecule has 1 aliphatic carbocycles. The lowest BCUT2D eigenvalue weighted by Gasteiger charge is -2.13. The first kappa shape index (κ1) is 13.1. The molecule has 1 amide bonds. The molecule has 0 aliphatic heterocycles. The Bertz CT molecular complexity index is 677. The highest BCUT2D eigenvalue weighted by molar-refractivity contribution is 5.84. The first-order chi connectivity index (χ1) is 9.56. The third kappa shape index (κ3) is 2.17. The van der Waals surface area contributed by atoms with Crippen LogP contribution in [0.4, 0.5) is 4.39 Å². The zero-order valence-corrected chi connectivity index (χ0v) is 11.7. The predicted molar refractivity (Wildman–Crippen MR) is 75.0 cm³/mol. The molecule has 0 fully saturated rings. The average molecular weight is 275 g/mol. The minimum Gasteiger partial charge on any atom is -0.356 e. The Hall–Kier alpha value is -1.91. The van der Waals surface area contributed by atoms with E-state index >= 15 is 0 Å². The van der Waals surface area contributed by atoms with Crippen molar-refractivity contribution in [3.8, 4) is 0 Å². The van der Waals surface area contributed by atoms with Crippen LogP contribution in [0, 0.1) is 5.82 Å². The van der Waals surface area contributed by atoms with Gasteiger partial charge in [0.25, 0.3) is 0 Å². The van der Waals surface area contributed by atoms with Gasteiger partial charge in [-0.15, -0.1) is 0 Å². The monoisotopic (exact) mass is 275 g/mol. The van der Waals surface area contributed by atoms with Crippen LogP contribution < -0.4 is 5.32 Å². The van der Waals surface area contributed by atoms with Gasteiger partial charge in [-0.2, -0.15) is 5.10 Å². The van der Waals surface area contributed by atoms with E-state index in [1.165, 1.54) is 13.0 Å². The number of carbonyl (C=O) groups is 1. The van der Waals surface area contributed by atoms with Crippen LogP contribution in [0.3, 0.4) is 0 Å². The number of halogens is 1. The van der Waals surface area contributed by atoms with E-state index in [2.05, 4.69) is 10.4 Å². The molecule has 1 N–H and O–H groups in total. The summed E-state index contributed by atoms with van der Waals surface area (Å²) in [7, 11) is 1.85. The largest absolute Gasteiger partial charge is 0.356 e. The fraction of sp³-hybridized carbons (Fsp3) is 0.467. The summed E-state index contributed by atoms with van der Waals surface area (Å²) >= 11 is 0. The van der Waals surface area contributed by atoms with Gasteiger partial charge < -0.3 is 5.32 Å². The Morgan fingerprint density at radius 3 is 3.15 bits per heavy atom. The van der Waals surface area contributed by atoms with Gasteiger partial charge in [0.1, 0.15) is 5.82 Å². The van der Waals surface area contributed by atoms with Gasteiger partial charge in [0.05, 0.1) is 5.52 Å². The van der Waals surface area contributed by atoms with E-state index in [1.54, 1.807) is 4.68 Å². The number of rotatable bonds is 3. The number of hydrogen-bond donors (Lipinski definition) is 1. The summed E-state index contributed by atoms with van der Waals surface area (Å²) in [5, 5.41) is 8.17. The Kier molecular flexibility index (Phi) is 3.20. The zero-order valence-electron chi connectivity index (χ0n) is 11.7. The van der Waals surface area contributed by atoms with E-state index in [0.717, 1.165) is 41.3 Å². The van der Waals surface area contributed by atoms with E-state index in [0.29, 0.717) is 12.5 Å². The van der Waals surface area contributed by atoms with Gasteiger partial charge in [0.15, 0.2) is 0 Å². The average Bonchev–Trinajstić information content (AvgIpc) is 2.92. The van der Waals surface area contributed by atoms with Crippen LogP contribution in [0.25, 0.3) is 10.9 Å². The lowest BCUT2D eigenvalue weighted by molar-refractivity contribution is -0.118. The number of hydrogen-bond acceptors (Lipinski definition) is 2. The molecule has 0 saturated heterocycles. The molecular formula is C15H18FN3O. The predicted octanol–water partition coefficient (Wildman–Crippen LogP) is 2.27. The Morgan fingerprint density at radius 2 is 2.40 bits per heavy atom. The van der Waals surface area contributed by atoms with E-state index in [9.17, 15) is 9.18 Å². The van der Waals surface area contributed by atoms with Crippen molar-refractivity contribution in [3.63, 3.8) is 0 Å². The summed E-state index contributed by atoms with van der Waals surface area (Å²) in [6.07, 6.45) is 4.53. The number of amides is 1. The van der Waals surface area contributed by atoms with Gasteiger partial charge in [-0.3, -0.25) is 9.48 Å². The van der Waals surface area contributed by atoms with Gasteiger partial charge in [-0.1, -0.05) is 0 Å². The van der Waals surface area contributed by atoms with Crippen LogP contribution in [0.1, 0.15) is 36.8 Å². The number of nitrogens with zero attached hydrogens (tertiary/aromatic N) is 2. The van der Waals surface area contributed by atoms with Crippen molar-refractivity contribution < 1.29 is 9.18 Å². The van der Waals surface area contributed by atoms with Crippen LogP contribution in [0.5, 0.6) is 0 Å². The van der Waals surface area contributed by atoms with Crippen molar-refractivity contribution in [1.29, 1.82) is 0 Å². The molecule has 1 unspecified atom stereocenters. The SMILES string of the molecule is CC(=O)NCCC1CCc2c(F)cc3nn(C)cc3c21. The van der Waals surface area contributed by atoms with Gasteiger partial charge >= 0.3 is 0 Å². The second-order valence-corrected chi connectivity index (χ2v) is 5.49. The highest BCUT2D eigenvalue weighted by Crippen LogP contribution is 2.41. The third-order valence-electron chi connectivity index (χ3n) is 4.04. The fourth-order valence-corrected chi connectivity index (χ4v) is 3.21. The molecule has 0 radical (unpaired) electrons. The van der Waals surface area contributed by atoms with E-state index in [4.69, 9.17) is 0 Å². The topological polar surface area (TPSA) is 46.9 Å². The van der Waals surface area contributed by atoms with Crippen LogP contribution in [0.2, 0.25) is 0 Å². The van der Waals surface area contributed by atoms with Gasteiger partial charge in [-0.25, -0.2) is 4.39 Å². The van der Waals surface area contributed by atoms with Gasteiger partial charge in [0, 0.05) is 38.2 Å². The number of aromatic nitrogens is 2. The third-order valence-corrected chi connectivity index (χ3v) is 4.04. The molecule has 3 rings (SSSR count). The summed E-state index contributed by atoms with van der Waals surface area (Å²) in [4.78, 5) is 10.9. The molecule has 0 bridgehead atoms. The summed E-state index contributed by atoms with van der Waals surface area (Å²) < 4.78 is 15.9. The summed E-state index contributed by atoms with van der Waals surface area (Å²) in [6.45, 7) is 2.15. The quantitative estimate of drug-likeness (QED) is 0.934. The number of fused-ring (bicyclic) bond motifs is 3. The number of aryl methyl sites for hydroxylation is 1. The highest BCUT2D eigenvalue weighted by Gasteiger charge is 2.28. The maximum absolute atomic E-state index is 14.1. The zero-order chi connectivity index (χ0) is 14.3. The molecule has 0 saturated carbocycles. The summed E-state index contributed by atoms with van der Waals surface area (Å²) in [5.74, 6) is 0.140. The molecule has 1 aromatic carbocycles. The normalized spacial score (nSPS) is 17.4. The number of carbonyl (C=O) groups excluding carboxylic acids is 1. The number of benzene rings is 1. The molecule has 1 aliphatic rings. The number of nitrogens with one attached hydrogen (secondary N) is 1. The fourth-order valence-electron chi connectivity index (χ4n) is 3.21. The maximum Gasteiger partial charge on any atom is 0.216 e. The van der Waals surface area contributed by atoms with Crippen molar-refractivity contribution in [2.45, 2.75) is 32.1 Å². The first-order valence-corrected chi connectivity index (χ1v) is 6.95. The van der Waals surface area contributed by atoms with Crippen molar-refractivity contribution >= 4 is 16.8 Å². The van der Waals surface area contributed by atoms with Crippen LogP contribution in [-0.2, 0) is 18.3 Å². The van der Waals surface area contributed by atoms with Crippen LogP contribution in [0.15, 0.2) is 12.3 Å². The maximum atomic E-state index is 14.1. The van der Waals surface area contributed by atoms with Crippen molar-refractivity contribution in [2.24, 2.45) is 7.05 Å². The molecule has 2 aromatic rings.